The van der Waals surface area contributed by atoms with Crippen LogP contribution in [0.15, 0.2) is 29.6 Å². The molecule has 0 atom stereocenters. The molecule has 0 amide bonds. The van der Waals surface area contributed by atoms with Gasteiger partial charge in [-0.15, -0.1) is 11.3 Å². The number of benzene rings is 1. The maximum absolute atomic E-state index is 10.8. The van der Waals surface area contributed by atoms with Crippen molar-refractivity contribution in [3.05, 3.63) is 45.6 Å². The summed E-state index contributed by atoms with van der Waals surface area (Å²) in [6, 6.07) is 6.39. The molecule has 2 N–H and O–H groups in total. The summed E-state index contributed by atoms with van der Waals surface area (Å²) >= 11 is 1.16. The third-order valence-corrected chi connectivity index (χ3v) is 3.51. The quantitative estimate of drug-likeness (QED) is 0.891. The van der Waals surface area contributed by atoms with Gasteiger partial charge in [0.05, 0.1) is 5.56 Å². The van der Waals surface area contributed by atoms with Gasteiger partial charge in [-0.1, -0.05) is 6.07 Å². The molecule has 0 radical (unpaired) electrons. The van der Waals surface area contributed by atoms with Gasteiger partial charge in [0, 0.05) is 0 Å². The van der Waals surface area contributed by atoms with E-state index in [0.717, 1.165) is 28.0 Å². The highest BCUT2D eigenvalue weighted by Crippen LogP contribution is 2.28. The minimum atomic E-state index is -0.971. The van der Waals surface area contributed by atoms with Gasteiger partial charge < -0.3 is 10.2 Å². The van der Waals surface area contributed by atoms with Gasteiger partial charge in [0.1, 0.15) is 4.88 Å². The monoisotopic (exact) mass is 262 g/mol. The zero-order chi connectivity index (χ0) is 13.3. The Bertz CT molecular complexity index is 628. The topological polar surface area (TPSA) is 74.6 Å². The summed E-state index contributed by atoms with van der Waals surface area (Å²) in [5.41, 5.74) is 2.69. The standard InChI is InChI=1S/C13H10O4S/c1-7-4-8(12(14)15)2-3-10(7)9-5-11(13(16)17)18-6-9/h2-6H,1H3,(H,14,15)(H,16,17). The van der Waals surface area contributed by atoms with E-state index in [4.69, 9.17) is 10.2 Å². The summed E-state index contributed by atoms with van der Waals surface area (Å²) in [4.78, 5) is 21.9. The van der Waals surface area contributed by atoms with Gasteiger partial charge >= 0.3 is 11.9 Å². The summed E-state index contributed by atoms with van der Waals surface area (Å²) in [5.74, 6) is -1.92. The number of carbonyl (C=O) groups is 2. The van der Waals surface area contributed by atoms with Crippen LogP contribution in [0.4, 0.5) is 0 Å². The van der Waals surface area contributed by atoms with Crippen LogP contribution < -0.4 is 0 Å². The Morgan fingerprint density at radius 3 is 2.33 bits per heavy atom. The van der Waals surface area contributed by atoms with Crippen molar-refractivity contribution < 1.29 is 19.8 Å². The molecular weight excluding hydrogens is 252 g/mol. The van der Waals surface area contributed by atoms with Crippen molar-refractivity contribution in [1.82, 2.24) is 0 Å². The predicted molar refractivity (Wildman–Crippen MR) is 68.4 cm³/mol. The molecule has 0 saturated carbocycles. The molecule has 1 aromatic heterocycles. The average molecular weight is 262 g/mol. The lowest BCUT2D eigenvalue weighted by Crippen LogP contribution is -1.97. The number of thiophene rings is 1. The highest BCUT2D eigenvalue weighted by Gasteiger charge is 2.11. The van der Waals surface area contributed by atoms with Gasteiger partial charge in [0.2, 0.25) is 0 Å². The smallest absolute Gasteiger partial charge is 0.345 e. The minimum Gasteiger partial charge on any atom is -0.478 e. The lowest BCUT2D eigenvalue weighted by atomic mass is 10.0. The van der Waals surface area contributed by atoms with Gasteiger partial charge in [-0.05, 0) is 47.2 Å². The molecule has 0 bridgehead atoms. The summed E-state index contributed by atoms with van der Waals surface area (Å²) in [5, 5.41) is 19.5. The van der Waals surface area contributed by atoms with Gasteiger partial charge in [-0.2, -0.15) is 0 Å². The van der Waals surface area contributed by atoms with E-state index < -0.39 is 11.9 Å². The molecular formula is C13H10O4S. The Balaban J connectivity index is 2.44. The Kier molecular flexibility index (Phi) is 3.16. The predicted octanol–water partition coefficient (Wildman–Crippen LogP) is 3.12. The molecule has 1 aromatic carbocycles. The normalized spacial score (nSPS) is 10.3. The van der Waals surface area contributed by atoms with Crippen LogP contribution in [0.3, 0.4) is 0 Å². The third-order valence-electron chi connectivity index (χ3n) is 2.59. The fraction of sp³-hybridized carbons (Fsp3) is 0.0769. The second kappa shape index (κ2) is 4.62. The Hall–Kier alpha value is -2.14. The van der Waals surface area contributed by atoms with E-state index in [1.165, 1.54) is 6.07 Å². The first-order chi connectivity index (χ1) is 8.49. The maximum Gasteiger partial charge on any atom is 0.345 e. The highest BCUT2D eigenvalue weighted by atomic mass is 32.1. The van der Waals surface area contributed by atoms with Gasteiger partial charge in [-0.25, -0.2) is 9.59 Å². The fourth-order valence-corrected chi connectivity index (χ4v) is 2.45. The molecule has 0 aliphatic carbocycles. The first kappa shape index (κ1) is 12.3. The molecule has 2 rings (SSSR count). The van der Waals surface area contributed by atoms with Crippen LogP contribution in [-0.4, -0.2) is 22.2 Å². The van der Waals surface area contributed by atoms with E-state index in [-0.39, 0.29) is 10.4 Å². The van der Waals surface area contributed by atoms with E-state index in [1.807, 2.05) is 0 Å². The van der Waals surface area contributed by atoms with E-state index in [0.29, 0.717) is 0 Å². The van der Waals surface area contributed by atoms with Crippen molar-refractivity contribution in [2.75, 3.05) is 0 Å². The number of rotatable bonds is 3. The van der Waals surface area contributed by atoms with Crippen molar-refractivity contribution in [3.8, 4) is 11.1 Å². The molecule has 0 spiro atoms. The molecule has 0 saturated heterocycles. The van der Waals surface area contributed by atoms with Crippen LogP contribution in [0.5, 0.6) is 0 Å². The molecule has 18 heavy (non-hydrogen) atoms. The van der Waals surface area contributed by atoms with Crippen LogP contribution in [-0.2, 0) is 0 Å². The summed E-state index contributed by atoms with van der Waals surface area (Å²) < 4.78 is 0. The number of hydrogen-bond donors (Lipinski definition) is 2. The maximum atomic E-state index is 10.8. The number of aryl methyl sites for hydroxylation is 1. The molecule has 0 fully saturated rings. The largest absolute Gasteiger partial charge is 0.478 e. The lowest BCUT2D eigenvalue weighted by Gasteiger charge is -2.04. The van der Waals surface area contributed by atoms with Crippen molar-refractivity contribution in [3.63, 3.8) is 0 Å². The molecule has 4 nitrogen and oxygen atoms in total. The molecule has 0 unspecified atom stereocenters. The van der Waals surface area contributed by atoms with Crippen LogP contribution in [0.2, 0.25) is 0 Å². The Morgan fingerprint density at radius 1 is 1.11 bits per heavy atom. The highest BCUT2D eigenvalue weighted by molar-refractivity contribution is 7.12. The van der Waals surface area contributed by atoms with E-state index in [1.54, 1.807) is 30.5 Å². The zero-order valence-corrected chi connectivity index (χ0v) is 10.3. The van der Waals surface area contributed by atoms with Crippen molar-refractivity contribution in [2.24, 2.45) is 0 Å². The van der Waals surface area contributed by atoms with Gasteiger partial charge in [0.15, 0.2) is 0 Å². The second-order valence-corrected chi connectivity index (χ2v) is 4.75. The summed E-state index contributed by atoms with van der Waals surface area (Å²) in [7, 11) is 0. The van der Waals surface area contributed by atoms with Crippen LogP contribution in [0, 0.1) is 6.92 Å². The molecule has 5 heteroatoms. The molecule has 0 aliphatic heterocycles. The summed E-state index contributed by atoms with van der Waals surface area (Å²) in [6.07, 6.45) is 0. The third kappa shape index (κ3) is 2.26. The van der Waals surface area contributed by atoms with E-state index in [9.17, 15) is 9.59 Å². The van der Waals surface area contributed by atoms with Crippen LogP contribution in [0.25, 0.3) is 11.1 Å². The van der Waals surface area contributed by atoms with E-state index in [2.05, 4.69) is 0 Å². The molecule has 0 aliphatic rings. The van der Waals surface area contributed by atoms with Gasteiger partial charge in [-0.3, -0.25) is 0 Å². The zero-order valence-electron chi connectivity index (χ0n) is 9.51. The molecule has 92 valence electrons. The number of carboxylic acid groups (broad SMARTS) is 2. The van der Waals surface area contributed by atoms with Crippen LogP contribution >= 0.6 is 11.3 Å². The number of carboxylic acids is 2. The molecule has 1 heterocycles. The minimum absolute atomic E-state index is 0.227. The van der Waals surface area contributed by atoms with Crippen molar-refractivity contribution in [2.45, 2.75) is 6.92 Å². The first-order valence-electron chi connectivity index (χ1n) is 5.15. The van der Waals surface area contributed by atoms with E-state index >= 15 is 0 Å². The summed E-state index contributed by atoms with van der Waals surface area (Å²) in [6.45, 7) is 1.81. The Morgan fingerprint density at radius 2 is 1.83 bits per heavy atom. The Labute approximate surface area is 107 Å². The first-order valence-corrected chi connectivity index (χ1v) is 6.03. The number of hydrogen-bond acceptors (Lipinski definition) is 3. The fourth-order valence-electron chi connectivity index (χ4n) is 1.71. The molecule has 2 aromatic rings. The lowest BCUT2D eigenvalue weighted by molar-refractivity contribution is 0.0688. The second-order valence-electron chi connectivity index (χ2n) is 3.84. The SMILES string of the molecule is Cc1cc(C(=O)O)ccc1-c1csc(C(=O)O)c1. The van der Waals surface area contributed by atoms with Crippen LogP contribution in [0.1, 0.15) is 25.6 Å². The number of aromatic carboxylic acids is 2. The average Bonchev–Trinajstić information content (AvgIpc) is 2.78. The van der Waals surface area contributed by atoms with Crippen molar-refractivity contribution >= 4 is 23.3 Å². The van der Waals surface area contributed by atoms with Crippen molar-refractivity contribution in [1.29, 1.82) is 0 Å². The van der Waals surface area contributed by atoms with Gasteiger partial charge in [0.25, 0.3) is 0 Å².